The second-order valence-corrected chi connectivity index (χ2v) is 5.26. The van der Waals surface area contributed by atoms with E-state index in [0.29, 0.717) is 25.7 Å². The Kier molecular flexibility index (Phi) is 14.5. The number of unbranched alkanes of at least 4 members (excludes halogenated alkanes) is 5. The Morgan fingerprint density at radius 2 is 1.91 bits per heavy atom. The van der Waals surface area contributed by atoms with Crippen LogP contribution < -0.4 is 0 Å². The molecule has 0 saturated heterocycles. The van der Waals surface area contributed by atoms with Crippen LogP contribution in [0, 0.1) is 10.1 Å². The molecule has 1 radical (unpaired) electrons. The van der Waals surface area contributed by atoms with Crippen LogP contribution in [0.3, 0.4) is 0 Å². The molecule has 0 heterocycles. The van der Waals surface area contributed by atoms with Gasteiger partial charge in [-0.1, -0.05) is 50.1 Å². The zero-order valence-corrected chi connectivity index (χ0v) is 13.6. The number of allylic oxidation sites excluding steroid dienone is 5. The normalized spacial score (nSPS) is 13.3. The third-order valence-corrected chi connectivity index (χ3v) is 3.29. The van der Waals surface area contributed by atoms with Gasteiger partial charge in [0.25, 0.3) is 0 Å². The van der Waals surface area contributed by atoms with Crippen LogP contribution in [-0.4, -0.2) is 17.3 Å². The van der Waals surface area contributed by atoms with E-state index >= 15 is 0 Å². The van der Waals surface area contributed by atoms with Crippen molar-refractivity contribution in [3.63, 3.8) is 0 Å². The molecule has 4 heteroatoms. The average Bonchev–Trinajstić information content (AvgIpc) is 2.50. The molecule has 0 aromatic rings. The summed E-state index contributed by atoms with van der Waals surface area (Å²) in [7, 11) is 0. The van der Waals surface area contributed by atoms with Gasteiger partial charge in [-0.3, -0.25) is 14.9 Å². The van der Waals surface area contributed by atoms with Gasteiger partial charge in [0.2, 0.25) is 6.04 Å². The van der Waals surface area contributed by atoms with Crippen LogP contribution in [0.25, 0.3) is 0 Å². The molecule has 0 saturated carbocycles. The van der Waals surface area contributed by atoms with Gasteiger partial charge in [0.1, 0.15) is 0 Å². The molecule has 1 atom stereocenters. The van der Waals surface area contributed by atoms with Crippen molar-refractivity contribution in [2.75, 3.05) is 0 Å². The van der Waals surface area contributed by atoms with E-state index in [1.165, 1.54) is 19.3 Å². The Hall–Kier alpha value is -1.71. The fraction of sp³-hybridized carbons (Fsp3) is 0.611. The van der Waals surface area contributed by atoms with Crippen LogP contribution in [0.2, 0.25) is 0 Å². The Labute approximate surface area is 134 Å². The lowest BCUT2D eigenvalue weighted by atomic mass is 10.1. The highest BCUT2D eigenvalue weighted by Crippen LogP contribution is 2.07. The Balaban J connectivity index is 3.90. The molecule has 4 nitrogen and oxygen atoms in total. The molecule has 0 aliphatic heterocycles. The Morgan fingerprint density at radius 3 is 2.59 bits per heavy atom. The lowest BCUT2D eigenvalue weighted by Gasteiger charge is -2.03. The van der Waals surface area contributed by atoms with Crippen LogP contribution in [-0.2, 0) is 4.79 Å². The monoisotopic (exact) mass is 306 g/mol. The van der Waals surface area contributed by atoms with Crippen LogP contribution in [0.5, 0.6) is 0 Å². The molecular formula is C18H28NO3. The van der Waals surface area contributed by atoms with Crippen molar-refractivity contribution in [2.24, 2.45) is 0 Å². The van der Waals surface area contributed by atoms with Crippen molar-refractivity contribution < 1.29 is 9.72 Å². The molecule has 0 aliphatic rings. The molecular weight excluding hydrogens is 278 g/mol. The summed E-state index contributed by atoms with van der Waals surface area (Å²) in [6, 6.07) is -0.666. The summed E-state index contributed by atoms with van der Waals surface area (Å²) in [6.07, 6.45) is 21.2. The van der Waals surface area contributed by atoms with E-state index < -0.39 is 6.04 Å². The molecule has 22 heavy (non-hydrogen) atoms. The maximum atomic E-state index is 10.9. The van der Waals surface area contributed by atoms with Crippen molar-refractivity contribution >= 4 is 6.29 Å². The average molecular weight is 306 g/mol. The summed E-state index contributed by atoms with van der Waals surface area (Å²) in [5, 5.41) is 10.9. The number of nitrogens with zero attached hydrogens (tertiary/aromatic N) is 1. The summed E-state index contributed by atoms with van der Waals surface area (Å²) in [4.78, 5) is 20.7. The van der Waals surface area contributed by atoms with E-state index in [9.17, 15) is 14.9 Å². The van der Waals surface area contributed by atoms with Crippen molar-refractivity contribution in [1.29, 1.82) is 0 Å². The molecule has 0 rings (SSSR count). The first-order valence-corrected chi connectivity index (χ1v) is 8.19. The summed E-state index contributed by atoms with van der Waals surface area (Å²) in [6.45, 7) is 2.19. The fourth-order valence-corrected chi connectivity index (χ4v) is 1.98. The van der Waals surface area contributed by atoms with Gasteiger partial charge in [0.05, 0.1) is 0 Å². The summed E-state index contributed by atoms with van der Waals surface area (Å²) in [5.74, 6) is 0. The highest BCUT2D eigenvalue weighted by Gasteiger charge is 2.14. The largest absolute Gasteiger partial charge is 0.291 e. The van der Waals surface area contributed by atoms with Crippen LogP contribution >= 0.6 is 0 Å². The SMILES string of the molecule is CCCCC/C=C/C/C=C/C=C/C(CCCC[C]=O)[N+](=O)[O-]. The van der Waals surface area contributed by atoms with Gasteiger partial charge in [0.15, 0.2) is 6.29 Å². The molecule has 0 amide bonds. The van der Waals surface area contributed by atoms with Crippen molar-refractivity contribution in [2.45, 2.75) is 70.8 Å². The second kappa shape index (κ2) is 15.7. The Morgan fingerprint density at radius 1 is 1.09 bits per heavy atom. The minimum absolute atomic E-state index is 0.275. The van der Waals surface area contributed by atoms with Crippen molar-refractivity contribution in [1.82, 2.24) is 0 Å². The van der Waals surface area contributed by atoms with E-state index in [1.807, 2.05) is 12.2 Å². The number of rotatable bonds is 14. The minimum atomic E-state index is -0.666. The third-order valence-electron chi connectivity index (χ3n) is 3.29. The summed E-state index contributed by atoms with van der Waals surface area (Å²) in [5.41, 5.74) is 0. The van der Waals surface area contributed by atoms with Crippen molar-refractivity contribution in [3.8, 4) is 0 Å². The van der Waals surface area contributed by atoms with Gasteiger partial charge in [-0.05, 0) is 38.2 Å². The molecule has 1 unspecified atom stereocenters. The van der Waals surface area contributed by atoms with Crippen molar-refractivity contribution in [3.05, 3.63) is 46.6 Å². The first kappa shape index (κ1) is 20.3. The van der Waals surface area contributed by atoms with Gasteiger partial charge in [-0.2, -0.15) is 0 Å². The van der Waals surface area contributed by atoms with Gasteiger partial charge >= 0.3 is 0 Å². The van der Waals surface area contributed by atoms with Gasteiger partial charge < -0.3 is 0 Å². The second-order valence-electron chi connectivity index (χ2n) is 5.26. The molecule has 0 N–H and O–H groups in total. The van der Waals surface area contributed by atoms with Gasteiger partial charge in [-0.25, -0.2) is 0 Å². The first-order valence-electron chi connectivity index (χ1n) is 8.19. The molecule has 0 aliphatic carbocycles. The molecule has 0 spiro atoms. The molecule has 123 valence electrons. The number of hydrogen-bond acceptors (Lipinski definition) is 3. The fourth-order valence-electron chi connectivity index (χ4n) is 1.98. The number of nitro groups is 1. The predicted molar refractivity (Wildman–Crippen MR) is 91.1 cm³/mol. The van der Waals surface area contributed by atoms with Crippen LogP contribution in [0.15, 0.2) is 36.5 Å². The molecule has 0 aromatic carbocycles. The maximum absolute atomic E-state index is 10.9. The lowest BCUT2D eigenvalue weighted by molar-refractivity contribution is -0.510. The third kappa shape index (κ3) is 13.3. The minimum Gasteiger partial charge on any atom is -0.291 e. The first-order chi connectivity index (χ1) is 10.7. The smallest absolute Gasteiger partial charge is 0.231 e. The quantitative estimate of drug-likeness (QED) is 0.150. The van der Waals surface area contributed by atoms with E-state index in [4.69, 9.17) is 0 Å². The van der Waals surface area contributed by atoms with E-state index in [1.54, 1.807) is 18.4 Å². The Bertz CT molecular complexity index is 373. The standard InChI is InChI=1S/C18H28NO3/c1-2-3-4-5-6-7-8-9-10-12-15-18(19(21)22)16-13-11-14-17-20/h6-7,9-10,12,15,18H,2-5,8,11,13-14,16H2,1H3/b7-6+,10-9+,15-12+. The molecule has 0 fully saturated rings. The summed E-state index contributed by atoms with van der Waals surface area (Å²) < 4.78 is 0. The number of carbonyl (C=O) groups excluding carboxylic acids is 1. The summed E-state index contributed by atoms with van der Waals surface area (Å²) >= 11 is 0. The zero-order valence-electron chi connectivity index (χ0n) is 13.6. The van der Waals surface area contributed by atoms with Gasteiger partial charge in [-0.15, -0.1) is 0 Å². The van der Waals surface area contributed by atoms with E-state index in [0.717, 1.165) is 12.8 Å². The predicted octanol–water partition coefficient (Wildman–Crippen LogP) is 4.94. The highest BCUT2D eigenvalue weighted by molar-refractivity contribution is 5.50. The zero-order chi connectivity index (χ0) is 16.5. The van der Waals surface area contributed by atoms with Gasteiger partial charge in [0, 0.05) is 17.8 Å². The highest BCUT2D eigenvalue weighted by atomic mass is 16.6. The van der Waals surface area contributed by atoms with E-state index in [2.05, 4.69) is 19.1 Å². The van der Waals surface area contributed by atoms with Crippen LogP contribution in [0.4, 0.5) is 0 Å². The molecule has 0 aromatic heterocycles. The maximum Gasteiger partial charge on any atom is 0.231 e. The molecule has 0 bridgehead atoms. The van der Waals surface area contributed by atoms with E-state index in [-0.39, 0.29) is 4.92 Å². The lowest BCUT2D eigenvalue weighted by Crippen LogP contribution is -2.16. The number of hydrogen-bond donors (Lipinski definition) is 0. The topological polar surface area (TPSA) is 60.2 Å². The van der Waals surface area contributed by atoms with Crippen LogP contribution in [0.1, 0.15) is 64.7 Å².